The van der Waals surface area contributed by atoms with Crippen LogP contribution in [0.4, 0.5) is 0 Å². The van der Waals surface area contributed by atoms with Crippen molar-refractivity contribution in [2.45, 2.75) is 13.3 Å². The maximum absolute atomic E-state index is 4.15. The fraction of sp³-hybridized carbons (Fsp3) is 0.222. The summed E-state index contributed by atoms with van der Waals surface area (Å²) in [6.07, 6.45) is 2.76. The van der Waals surface area contributed by atoms with E-state index in [1.54, 1.807) is 6.20 Å². The van der Waals surface area contributed by atoms with E-state index in [0.717, 1.165) is 17.7 Å². The molecule has 1 aromatic heterocycles. The molecule has 10 heavy (non-hydrogen) atoms. The van der Waals surface area contributed by atoms with E-state index in [0.29, 0.717) is 0 Å². The molecule has 0 spiro atoms. The molecule has 52 valence electrons. The smallest absolute Gasteiger partial charge is 0.0655 e. The van der Waals surface area contributed by atoms with Crippen molar-refractivity contribution < 1.29 is 0 Å². The van der Waals surface area contributed by atoms with E-state index in [-0.39, 0.29) is 0 Å². The van der Waals surface area contributed by atoms with Crippen LogP contribution in [0.15, 0.2) is 31.0 Å². The topological polar surface area (TPSA) is 12.9 Å². The van der Waals surface area contributed by atoms with Gasteiger partial charge in [0.2, 0.25) is 0 Å². The number of hydrogen-bond acceptors (Lipinski definition) is 1. The van der Waals surface area contributed by atoms with Gasteiger partial charge in [0.25, 0.3) is 0 Å². The number of nitrogens with zero attached hydrogens (tertiary/aromatic N) is 1. The molecule has 0 aromatic carbocycles. The Labute approximate surface area is 61.4 Å². The molecule has 0 unspecified atom stereocenters. The van der Waals surface area contributed by atoms with Crippen LogP contribution in [0.3, 0.4) is 0 Å². The van der Waals surface area contributed by atoms with Gasteiger partial charge in [-0.25, -0.2) is 0 Å². The van der Waals surface area contributed by atoms with E-state index in [9.17, 15) is 0 Å². The highest BCUT2D eigenvalue weighted by atomic mass is 14.7. The van der Waals surface area contributed by atoms with Crippen molar-refractivity contribution in [2.24, 2.45) is 0 Å². The molecule has 0 radical (unpaired) electrons. The fourth-order valence-electron chi connectivity index (χ4n) is 0.753. The Balaban J connectivity index is 2.85. The highest BCUT2D eigenvalue weighted by Crippen LogP contribution is 2.10. The Bertz CT molecular complexity index is 213. The Morgan fingerprint density at radius 1 is 1.60 bits per heavy atom. The van der Waals surface area contributed by atoms with Crippen LogP contribution in [0.2, 0.25) is 0 Å². The quantitative estimate of drug-likeness (QED) is 0.604. The molecule has 0 aliphatic heterocycles. The minimum Gasteiger partial charge on any atom is -0.257 e. The van der Waals surface area contributed by atoms with Crippen LogP contribution in [-0.4, -0.2) is 4.98 Å². The van der Waals surface area contributed by atoms with Crippen molar-refractivity contribution in [1.82, 2.24) is 4.98 Å². The van der Waals surface area contributed by atoms with Crippen molar-refractivity contribution in [3.8, 4) is 0 Å². The normalized spacial score (nSPS) is 9.30. The molecule has 0 aliphatic rings. The van der Waals surface area contributed by atoms with Crippen LogP contribution in [-0.2, 0) is 0 Å². The van der Waals surface area contributed by atoms with Gasteiger partial charge in [0.1, 0.15) is 0 Å². The summed E-state index contributed by atoms with van der Waals surface area (Å²) in [5.74, 6) is 0. The van der Waals surface area contributed by atoms with Gasteiger partial charge in [-0.05, 0) is 24.1 Å². The molecule has 0 bridgehead atoms. The standard InChI is InChI=1S/C9H11N/c1-3-8(2)9-6-4-5-7-10-9/h4-7H,2-3H2,1H3. The average Bonchev–Trinajstić information content (AvgIpc) is 2.05. The van der Waals surface area contributed by atoms with E-state index in [2.05, 4.69) is 18.5 Å². The lowest BCUT2D eigenvalue weighted by molar-refractivity contribution is 1.18. The maximum Gasteiger partial charge on any atom is 0.0655 e. The van der Waals surface area contributed by atoms with Gasteiger partial charge in [-0.1, -0.05) is 19.6 Å². The second kappa shape index (κ2) is 3.16. The van der Waals surface area contributed by atoms with E-state index < -0.39 is 0 Å². The summed E-state index contributed by atoms with van der Waals surface area (Å²) < 4.78 is 0. The predicted molar refractivity (Wildman–Crippen MR) is 43.6 cm³/mol. The minimum atomic E-state index is 0.969. The SMILES string of the molecule is C=C(CC)c1ccccn1. The molecule has 0 saturated heterocycles. The Morgan fingerprint density at radius 2 is 2.40 bits per heavy atom. The number of allylic oxidation sites excluding steroid dienone is 1. The summed E-state index contributed by atoms with van der Waals surface area (Å²) in [4.78, 5) is 4.15. The summed E-state index contributed by atoms with van der Waals surface area (Å²) in [6, 6.07) is 5.86. The first kappa shape index (κ1) is 7.00. The summed E-state index contributed by atoms with van der Waals surface area (Å²) in [7, 11) is 0. The second-order valence-corrected chi connectivity index (χ2v) is 2.17. The maximum atomic E-state index is 4.15. The predicted octanol–water partition coefficient (Wildman–Crippen LogP) is 2.50. The minimum absolute atomic E-state index is 0.969. The van der Waals surface area contributed by atoms with Crippen LogP contribution in [0, 0.1) is 0 Å². The van der Waals surface area contributed by atoms with Crippen LogP contribution in [0.25, 0.3) is 5.57 Å². The average molecular weight is 133 g/mol. The molecule has 0 aliphatic carbocycles. The summed E-state index contributed by atoms with van der Waals surface area (Å²) >= 11 is 0. The van der Waals surface area contributed by atoms with Gasteiger partial charge in [-0.2, -0.15) is 0 Å². The molecule has 1 aromatic rings. The van der Waals surface area contributed by atoms with Crippen molar-refractivity contribution in [1.29, 1.82) is 0 Å². The molecule has 0 fully saturated rings. The number of pyridine rings is 1. The molecule has 0 amide bonds. The highest BCUT2D eigenvalue weighted by molar-refractivity contribution is 5.59. The van der Waals surface area contributed by atoms with Gasteiger partial charge in [0.05, 0.1) is 5.69 Å². The molecule has 1 rings (SSSR count). The molecule has 0 saturated carbocycles. The molecule has 0 N–H and O–H groups in total. The second-order valence-electron chi connectivity index (χ2n) is 2.17. The Morgan fingerprint density at radius 3 is 2.90 bits per heavy atom. The third-order valence-corrected chi connectivity index (χ3v) is 1.45. The van der Waals surface area contributed by atoms with E-state index in [1.807, 2.05) is 18.2 Å². The summed E-state index contributed by atoms with van der Waals surface area (Å²) in [5.41, 5.74) is 2.10. The van der Waals surface area contributed by atoms with Crippen LogP contribution < -0.4 is 0 Å². The first-order valence-corrected chi connectivity index (χ1v) is 3.43. The number of rotatable bonds is 2. The summed E-state index contributed by atoms with van der Waals surface area (Å²) in [5, 5.41) is 0. The van der Waals surface area contributed by atoms with Crippen LogP contribution in [0.5, 0.6) is 0 Å². The number of aromatic nitrogens is 1. The van der Waals surface area contributed by atoms with Gasteiger partial charge in [0, 0.05) is 6.20 Å². The van der Waals surface area contributed by atoms with Gasteiger partial charge < -0.3 is 0 Å². The first-order valence-electron chi connectivity index (χ1n) is 3.43. The lowest BCUT2D eigenvalue weighted by Crippen LogP contribution is -1.83. The van der Waals surface area contributed by atoms with Crippen LogP contribution >= 0.6 is 0 Å². The van der Waals surface area contributed by atoms with Gasteiger partial charge >= 0.3 is 0 Å². The van der Waals surface area contributed by atoms with E-state index in [4.69, 9.17) is 0 Å². The third-order valence-electron chi connectivity index (χ3n) is 1.45. The van der Waals surface area contributed by atoms with Gasteiger partial charge in [-0.3, -0.25) is 4.98 Å². The lowest BCUT2D eigenvalue weighted by atomic mass is 10.1. The lowest BCUT2D eigenvalue weighted by Gasteiger charge is -1.98. The first-order chi connectivity index (χ1) is 4.84. The largest absolute Gasteiger partial charge is 0.257 e. The zero-order valence-electron chi connectivity index (χ0n) is 6.17. The van der Waals surface area contributed by atoms with E-state index in [1.165, 1.54) is 0 Å². The highest BCUT2D eigenvalue weighted by Gasteiger charge is 1.93. The van der Waals surface area contributed by atoms with Crippen LogP contribution in [0.1, 0.15) is 19.0 Å². The van der Waals surface area contributed by atoms with Crippen molar-refractivity contribution in [2.75, 3.05) is 0 Å². The van der Waals surface area contributed by atoms with Gasteiger partial charge in [0.15, 0.2) is 0 Å². The van der Waals surface area contributed by atoms with Crippen molar-refractivity contribution in [3.05, 3.63) is 36.7 Å². The Hall–Kier alpha value is -1.11. The van der Waals surface area contributed by atoms with E-state index >= 15 is 0 Å². The van der Waals surface area contributed by atoms with Crippen molar-refractivity contribution in [3.63, 3.8) is 0 Å². The molecule has 1 heteroatoms. The Kier molecular flexibility index (Phi) is 2.21. The zero-order valence-corrected chi connectivity index (χ0v) is 6.17. The zero-order chi connectivity index (χ0) is 7.40. The monoisotopic (exact) mass is 133 g/mol. The third kappa shape index (κ3) is 1.44. The van der Waals surface area contributed by atoms with Crippen molar-refractivity contribution >= 4 is 5.57 Å². The number of hydrogen-bond donors (Lipinski definition) is 0. The molecule has 1 nitrogen and oxygen atoms in total. The summed E-state index contributed by atoms with van der Waals surface area (Å²) in [6.45, 7) is 5.96. The fourth-order valence-corrected chi connectivity index (χ4v) is 0.753. The molecule has 1 heterocycles. The molecular formula is C9H11N. The van der Waals surface area contributed by atoms with Gasteiger partial charge in [-0.15, -0.1) is 0 Å². The molecular weight excluding hydrogens is 122 g/mol. The molecule has 0 atom stereocenters.